The Morgan fingerprint density at radius 3 is 2.25 bits per heavy atom. The molecule has 0 fully saturated rings. The zero-order chi connectivity index (χ0) is 36.2. The van der Waals surface area contributed by atoms with E-state index in [9.17, 15) is 9.90 Å². The monoisotopic (exact) mass is 864 g/mol. The number of allylic oxidation sites excluding steroid dienone is 2. The van der Waals surface area contributed by atoms with Crippen LogP contribution in [0, 0.1) is 23.8 Å². The van der Waals surface area contributed by atoms with Crippen molar-refractivity contribution in [3.05, 3.63) is 95.3 Å². The van der Waals surface area contributed by atoms with E-state index in [0.717, 1.165) is 78.3 Å². The predicted octanol–water partition coefficient (Wildman–Crippen LogP) is 12.0. The number of carbonyl (C=O) groups is 1. The summed E-state index contributed by atoms with van der Waals surface area (Å²) in [5.74, 6) is 2.17. The van der Waals surface area contributed by atoms with Crippen LogP contribution in [0.15, 0.2) is 71.1 Å². The number of ketones is 1. The number of pyridine rings is 2. The molecule has 51 heavy (non-hydrogen) atoms. The van der Waals surface area contributed by atoms with E-state index in [2.05, 4.69) is 77.1 Å². The Balaban J connectivity index is 0.000000312. The minimum absolute atomic E-state index is 0. The van der Waals surface area contributed by atoms with Crippen molar-refractivity contribution in [3.8, 4) is 22.4 Å². The van der Waals surface area contributed by atoms with Crippen molar-refractivity contribution in [2.45, 2.75) is 113 Å². The summed E-state index contributed by atoms with van der Waals surface area (Å²) in [4.78, 5) is 21.4. The predicted molar refractivity (Wildman–Crippen MR) is 208 cm³/mol. The molecule has 1 aliphatic carbocycles. The van der Waals surface area contributed by atoms with Crippen LogP contribution in [0.1, 0.15) is 111 Å². The van der Waals surface area contributed by atoms with Crippen molar-refractivity contribution in [2.24, 2.45) is 17.8 Å². The molecule has 5 aromatic rings. The molecule has 2 aromatic carbocycles. The summed E-state index contributed by atoms with van der Waals surface area (Å²) >= 11 is 0. The third-order valence-corrected chi connectivity index (χ3v) is 10.2. The molecule has 5 nitrogen and oxygen atoms in total. The summed E-state index contributed by atoms with van der Waals surface area (Å²) in [5, 5.41) is 13.2. The Hall–Kier alpha value is -3.60. The molecule has 3 aromatic heterocycles. The van der Waals surface area contributed by atoms with Crippen LogP contribution in [0.3, 0.4) is 0 Å². The maximum atomic E-state index is 11.7. The zero-order valence-electron chi connectivity index (χ0n) is 31.9. The van der Waals surface area contributed by atoms with E-state index in [4.69, 9.17) is 14.4 Å². The molecule has 0 amide bonds. The summed E-state index contributed by atoms with van der Waals surface area (Å²) in [6, 6.07) is 18.7. The Morgan fingerprint density at radius 2 is 1.61 bits per heavy atom. The van der Waals surface area contributed by atoms with Crippen LogP contribution < -0.4 is 0 Å². The van der Waals surface area contributed by atoms with Gasteiger partial charge in [0.2, 0.25) is 0 Å². The number of nitrogens with zero attached hydrogens (tertiary/aromatic N) is 2. The summed E-state index contributed by atoms with van der Waals surface area (Å²) < 4.78 is 6.44. The molecule has 0 aliphatic heterocycles. The van der Waals surface area contributed by atoms with Crippen LogP contribution >= 0.6 is 0 Å². The standard InChI is InChI=1S/C32H31N2O.C13H24O2.Ir/c1-19(2)16-26-23-10-11-27-29(24(23)12-14-33-26)30-28(35-27)13-15-34-31(30)21-17-20-8-6-7-9-22(20)25(18-21)32(3,4)5;1-5-10(6-2)12(14)9-13(15)11(7-3)8-4;/h6-9,12-15,18-19H,10-11,16H2,1-5H3;9-11,14H,5-8H2,1-4H3;/q-1;;/b;12-9-;. The third-order valence-electron chi connectivity index (χ3n) is 10.2. The molecule has 0 atom stereocenters. The van der Waals surface area contributed by atoms with Crippen molar-refractivity contribution >= 4 is 27.5 Å². The van der Waals surface area contributed by atoms with Gasteiger partial charge in [0, 0.05) is 79.2 Å². The number of hydrogen-bond donors (Lipinski definition) is 1. The van der Waals surface area contributed by atoms with Gasteiger partial charge in [-0.3, -0.25) is 14.8 Å². The zero-order valence-corrected chi connectivity index (χ0v) is 34.3. The number of carbonyl (C=O) groups excluding carboxylic acids is 1. The quantitative estimate of drug-likeness (QED) is 0.0860. The average molecular weight is 864 g/mol. The molecule has 0 unspecified atom stereocenters. The van der Waals surface area contributed by atoms with E-state index in [0.29, 0.717) is 5.92 Å². The number of aryl methyl sites for hydroxylation is 1. The van der Waals surface area contributed by atoms with Crippen molar-refractivity contribution in [1.82, 2.24) is 9.97 Å². The minimum atomic E-state index is -0.00279. The first kappa shape index (κ1) is 40.2. The molecule has 3 heterocycles. The fourth-order valence-electron chi connectivity index (χ4n) is 7.37. The summed E-state index contributed by atoms with van der Waals surface area (Å²) in [5.41, 5.74) is 9.19. The first-order valence-corrected chi connectivity index (χ1v) is 18.7. The number of hydrogen-bond acceptors (Lipinski definition) is 5. The third kappa shape index (κ3) is 8.72. The number of furan rings is 1. The molecule has 1 radical (unpaired) electrons. The molecule has 273 valence electrons. The number of aliphatic hydroxyl groups is 1. The van der Waals surface area contributed by atoms with Gasteiger partial charge in [0.05, 0.1) is 5.76 Å². The fourth-order valence-corrected chi connectivity index (χ4v) is 7.37. The molecule has 1 aliphatic rings. The second kappa shape index (κ2) is 17.3. The van der Waals surface area contributed by atoms with E-state index < -0.39 is 0 Å². The topological polar surface area (TPSA) is 76.2 Å². The van der Waals surface area contributed by atoms with Crippen LogP contribution in [0.5, 0.6) is 0 Å². The van der Waals surface area contributed by atoms with Gasteiger partial charge >= 0.3 is 0 Å². The fraction of sp³-hybridized carbons (Fsp3) is 0.444. The van der Waals surface area contributed by atoms with Crippen LogP contribution in [0.25, 0.3) is 44.1 Å². The van der Waals surface area contributed by atoms with Crippen molar-refractivity contribution in [1.29, 1.82) is 0 Å². The van der Waals surface area contributed by atoms with Gasteiger partial charge < -0.3 is 9.52 Å². The summed E-state index contributed by atoms with van der Waals surface area (Å²) in [6.45, 7) is 19.4. The van der Waals surface area contributed by atoms with Gasteiger partial charge in [-0.15, -0.1) is 29.1 Å². The van der Waals surface area contributed by atoms with Gasteiger partial charge in [0.1, 0.15) is 11.3 Å². The van der Waals surface area contributed by atoms with Gasteiger partial charge in [0.15, 0.2) is 5.78 Å². The number of aliphatic hydroxyl groups excluding tert-OH is 1. The van der Waals surface area contributed by atoms with Crippen molar-refractivity contribution in [2.75, 3.05) is 0 Å². The molecule has 0 spiro atoms. The number of rotatable bonds is 10. The van der Waals surface area contributed by atoms with Crippen LogP contribution in [0.4, 0.5) is 0 Å². The van der Waals surface area contributed by atoms with Crippen LogP contribution in [0.2, 0.25) is 0 Å². The Morgan fingerprint density at radius 1 is 0.941 bits per heavy atom. The van der Waals surface area contributed by atoms with E-state index in [1.54, 1.807) is 0 Å². The van der Waals surface area contributed by atoms with E-state index in [1.807, 2.05) is 46.2 Å². The summed E-state index contributed by atoms with van der Waals surface area (Å²) in [6.07, 6.45) is 11.6. The Kier molecular flexibility index (Phi) is 13.6. The first-order valence-electron chi connectivity index (χ1n) is 18.7. The van der Waals surface area contributed by atoms with E-state index >= 15 is 0 Å². The van der Waals surface area contributed by atoms with Crippen molar-refractivity contribution < 1.29 is 34.4 Å². The molecule has 6 heteroatoms. The van der Waals surface area contributed by atoms with Gasteiger partial charge in [-0.05, 0) is 73.1 Å². The number of aromatic nitrogens is 2. The molecule has 0 saturated carbocycles. The summed E-state index contributed by atoms with van der Waals surface area (Å²) in [7, 11) is 0. The first-order chi connectivity index (χ1) is 23.9. The van der Waals surface area contributed by atoms with Crippen LogP contribution in [-0.2, 0) is 49.6 Å². The molecule has 6 rings (SSSR count). The normalized spacial score (nSPS) is 12.9. The maximum absolute atomic E-state index is 11.7. The second-order valence-corrected chi connectivity index (χ2v) is 15.2. The second-order valence-electron chi connectivity index (χ2n) is 15.2. The smallest absolute Gasteiger partial charge is 0.162 e. The van der Waals surface area contributed by atoms with E-state index in [1.165, 1.54) is 39.4 Å². The van der Waals surface area contributed by atoms with Crippen LogP contribution in [-0.4, -0.2) is 20.9 Å². The molecule has 0 saturated heterocycles. The van der Waals surface area contributed by atoms with Gasteiger partial charge in [0.25, 0.3) is 0 Å². The van der Waals surface area contributed by atoms with E-state index in [-0.39, 0.29) is 48.9 Å². The number of fused-ring (bicyclic) bond motifs is 6. The minimum Gasteiger partial charge on any atom is -0.512 e. The maximum Gasteiger partial charge on any atom is 0.162 e. The molecular formula is C45H55IrN2O3-. The largest absolute Gasteiger partial charge is 0.512 e. The Bertz CT molecular complexity index is 1990. The SMILES string of the molecule is CC(C)Cc1nccc2c1CCc1oc3ccnc(-c4[c-]c5ccccc5c(C(C)(C)C)c4)c3c1-2.CCC(CC)C(=O)/C=C(\O)C(CC)CC.[Ir]. The van der Waals surface area contributed by atoms with Gasteiger partial charge in [-0.2, -0.15) is 0 Å². The van der Waals surface area contributed by atoms with Crippen molar-refractivity contribution in [3.63, 3.8) is 0 Å². The average Bonchev–Trinajstić information content (AvgIpc) is 3.48. The van der Waals surface area contributed by atoms with Gasteiger partial charge in [-0.25, -0.2) is 0 Å². The number of benzene rings is 2. The molecule has 0 bridgehead atoms. The molecule has 1 N–H and O–H groups in total. The van der Waals surface area contributed by atoms with Gasteiger partial charge in [-0.1, -0.05) is 91.5 Å². The molecular weight excluding hydrogens is 809 g/mol. The Labute approximate surface area is 318 Å².